The van der Waals surface area contributed by atoms with Crippen molar-refractivity contribution in [2.45, 2.75) is 50.0 Å². The minimum Gasteiger partial charge on any atom is -0.333 e. The van der Waals surface area contributed by atoms with Crippen molar-refractivity contribution >= 4 is 5.91 Å². The van der Waals surface area contributed by atoms with Gasteiger partial charge in [0, 0.05) is 23.9 Å². The molecule has 2 aromatic carbocycles. The second kappa shape index (κ2) is 8.22. The van der Waals surface area contributed by atoms with Gasteiger partial charge in [-0.1, -0.05) is 61.4 Å². The second-order valence-corrected chi connectivity index (χ2v) is 8.60. The molecule has 1 saturated carbocycles. The van der Waals surface area contributed by atoms with E-state index < -0.39 is 5.41 Å². The summed E-state index contributed by atoms with van der Waals surface area (Å²) < 4.78 is 14.8. The van der Waals surface area contributed by atoms with Crippen LogP contribution in [0, 0.1) is 5.82 Å². The first kappa shape index (κ1) is 19.9. The summed E-state index contributed by atoms with van der Waals surface area (Å²) in [6.07, 6.45) is 6.87. The Kier molecular flexibility index (Phi) is 5.26. The largest absolute Gasteiger partial charge is 0.333 e. The molecular weight excluding hydrogens is 389 g/mol. The van der Waals surface area contributed by atoms with E-state index >= 15 is 0 Å². The molecule has 2 fully saturated rings. The lowest BCUT2D eigenvalue weighted by molar-refractivity contribution is -0.138. The molecular formula is C26H26FN3O. The van der Waals surface area contributed by atoms with Crippen LogP contribution in [-0.2, 0) is 10.2 Å². The average Bonchev–Trinajstić information content (AvgIpc) is 3.50. The van der Waals surface area contributed by atoms with Crippen LogP contribution in [0.25, 0.3) is 11.4 Å². The van der Waals surface area contributed by atoms with Crippen molar-refractivity contribution < 1.29 is 9.18 Å². The molecule has 0 bridgehead atoms. The summed E-state index contributed by atoms with van der Waals surface area (Å²) in [6.45, 7) is 0.685. The predicted molar refractivity (Wildman–Crippen MR) is 118 cm³/mol. The molecule has 0 unspecified atom stereocenters. The summed E-state index contributed by atoms with van der Waals surface area (Å²) in [5.41, 5.74) is 1.61. The van der Waals surface area contributed by atoms with Crippen molar-refractivity contribution in [3.8, 4) is 11.4 Å². The van der Waals surface area contributed by atoms with Crippen LogP contribution in [0.2, 0.25) is 0 Å². The van der Waals surface area contributed by atoms with Crippen LogP contribution in [0.15, 0.2) is 66.9 Å². The molecule has 0 radical (unpaired) electrons. The maximum absolute atomic E-state index is 14.8. The van der Waals surface area contributed by atoms with Crippen molar-refractivity contribution in [2.75, 3.05) is 6.54 Å². The Balaban J connectivity index is 1.49. The monoisotopic (exact) mass is 415 g/mol. The first-order valence-corrected chi connectivity index (χ1v) is 11.1. The molecule has 5 rings (SSSR count). The van der Waals surface area contributed by atoms with E-state index in [1.54, 1.807) is 18.3 Å². The number of carbonyl (C=O) groups excluding carboxylic acids is 1. The summed E-state index contributed by atoms with van der Waals surface area (Å²) in [5.74, 6) is 0.446. The van der Waals surface area contributed by atoms with Gasteiger partial charge in [0.15, 0.2) is 5.82 Å². The number of hydrogen-bond acceptors (Lipinski definition) is 3. The smallest absolute Gasteiger partial charge is 0.233 e. The minimum atomic E-state index is -0.761. The Bertz CT molecular complexity index is 1080. The fourth-order valence-corrected chi connectivity index (χ4v) is 5.30. The van der Waals surface area contributed by atoms with Crippen LogP contribution in [0.3, 0.4) is 0 Å². The van der Waals surface area contributed by atoms with E-state index in [0.717, 1.165) is 36.9 Å². The normalized spacial score (nSPS) is 20.2. The number of rotatable bonds is 4. The standard InChI is InChI=1S/C26H26FN3O/c27-21-12-5-4-11-20(21)26(15-6-7-16-26)25(31)30-18-8-13-23(30)22-14-17-28-24(29-22)19-9-2-1-3-10-19/h1-5,9-12,14,17,23H,6-8,13,15-16,18H2/t23-/m1/s1. The molecule has 0 spiro atoms. The number of benzene rings is 2. The maximum Gasteiger partial charge on any atom is 0.233 e. The molecule has 0 N–H and O–H groups in total. The van der Waals surface area contributed by atoms with E-state index in [1.165, 1.54) is 6.07 Å². The van der Waals surface area contributed by atoms with Crippen LogP contribution in [0.1, 0.15) is 55.8 Å². The molecule has 1 saturated heterocycles. The van der Waals surface area contributed by atoms with Crippen molar-refractivity contribution in [1.82, 2.24) is 14.9 Å². The van der Waals surface area contributed by atoms with Gasteiger partial charge >= 0.3 is 0 Å². The highest BCUT2D eigenvalue weighted by atomic mass is 19.1. The van der Waals surface area contributed by atoms with E-state index in [1.807, 2.05) is 47.4 Å². The van der Waals surface area contributed by atoms with Gasteiger partial charge in [-0.15, -0.1) is 0 Å². The van der Waals surface area contributed by atoms with Gasteiger partial charge in [0.05, 0.1) is 17.2 Å². The van der Waals surface area contributed by atoms with Crippen molar-refractivity contribution in [1.29, 1.82) is 0 Å². The van der Waals surface area contributed by atoms with Gasteiger partial charge in [-0.05, 0) is 37.8 Å². The molecule has 1 amide bonds. The van der Waals surface area contributed by atoms with Gasteiger partial charge in [0.2, 0.25) is 5.91 Å². The molecule has 1 aromatic heterocycles. The zero-order chi connectivity index (χ0) is 21.3. The van der Waals surface area contributed by atoms with Gasteiger partial charge in [-0.25, -0.2) is 14.4 Å². The fourth-order valence-electron chi connectivity index (χ4n) is 5.30. The Morgan fingerprint density at radius 2 is 1.71 bits per heavy atom. The summed E-state index contributed by atoms with van der Waals surface area (Å²) in [4.78, 5) is 25.2. The van der Waals surface area contributed by atoms with Crippen LogP contribution in [0.4, 0.5) is 4.39 Å². The minimum absolute atomic E-state index is 0.0532. The summed E-state index contributed by atoms with van der Waals surface area (Å²) in [7, 11) is 0. The Labute approximate surface area is 182 Å². The molecule has 1 aliphatic heterocycles. The highest BCUT2D eigenvalue weighted by molar-refractivity contribution is 5.89. The van der Waals surface area contributed by atoms with Crippen LogP contribution in [0.5, 0.6) is 0 Å². The number of carbonyl (C=O) groups is 1. The molecule has 5 heteroatoms. The lowest BCUT2D eigenvalue weighted by Crippen LogP contribution is -2.45. The molecule has 1 atom stereocenters. The van der Waals surface area contributed by atoms with Crippen molar-refractivity contribution in [3.05, 3.63) is 83.9 Å². The average molecular weight is 416 g/mol. The van der Waals surface area contributed by atoms with E-state index in [9.17, 15) is 9.18 Å². The highest BCUT2D eigenvalue weighted by Gasteiger charge is 2.48. The zero-order valence-electron chi connectivity index (χ0n) is 17.5. The molecule has 2 aliphatic rings. The van der Waals surface area contributed by atoms with Gasteiger partial charge in [0.25, 0.3) is 0 Å². The third-order valence-corrected chi connectivity index (χ3v) is 6.82. The van der Waals surface area contributed by atoms with E-state index in [2.05, 4.69) is 4.98 Å². The van der Waals surface area contributed by atoms with Gasteiger partial charge < -0.3 is 4.90 Å². The number of likely N-dealkylation sites (tertiary alicyclic amines) is 1. The quantitative estimate of drug-likeness (QED) is 0.569. The third kappa shape index (κ3) is 3.52. The first-order valence-electron chi connectivity index (χ1n) is 11.1. The zero-order valence-corrected chi connectivity index (χ0v) is 17.5. The van der Waals surface area contributed by atoms with Crippen LogP contribution < -0.4 is 0 Å². The van der Waals surface area contributed by atoms with E-state index in [0.29, 0.717) is 30.8 Å². The molecule has 31 heavy (non-hydrogen) atoms. The SMILES string of the molecule is O=C(N1CCC[C@@H]1c1ccnc(-c2ccccc2)n1)C1(c2ccccc2F)CCCC1. The maximum atomic E-state index is 14.8. The Morgan fingerprint density at radius 1 is 0.968 bits per heavy atom. The number of aromatic nitrogens is 2. The fraction of sp³-hybridized carbons (Fsp3) is 0.346. The number of halogens is 1. The highest BCUT2D eigenvalue weighted by Crippen LogP contribution is 2.46. The van der Waals surface area contributed by atoms with Crippen molar-refractivity contribution in [3.63, 3.8) is 0 Å². The molecule has 4 nitrogen and oxygen atoms in total. The van der Waals surface area contributed by atoms with Crippen LogP contribution in [-0.4, -0.2) is 27.3 Å². The van der Waals surface area contributed by atoms with E-state index in [4.69, 9.17) is 4.98 Å². The van der Waals surface area contributed by atoms with Crippen LogP contribution >= 0.6 is 0 Å². The van der Waals surface area contributed by atoms with Gasteiger partial charge in [0.1, 0.15) is 5.82 Å². The summed E-state index contributed by atoms with van der Waals surface area (Å²) >= 11 is 0. The molecule has 1 aliphatic carbocycles. The molecule has 3 aromatic rings. The lowest BCUT2D eigenvalue weighted by atomic mass is 9.77. The van der Waals surface area contributed by atoms with Gasteiger partial charge in [-0.2, -0.15) is 0 Å². The Hall–Kier alpha value is -3.08. The summed E-state index contributed by atoms with van der Waals surface area (Å²) in [6, 6.07) is 18.5. The molecule has 2 heterocycles. The third-order valence-electron chi connectivity index (χ3n) is 6.82. The predicted octanol–water partition coefficient (Wildman–Crippen LogP) is 5.46. The molecule has 158 valence electrons. The first-order chi connectivity index (χ1) is 15.2. The second-order valence-electron chi connectivity index (χ2n) is 8.60. The summed E-state index contributed by atoms with van der Waals surface area (Å²) in [5, 5.41) is 0. The number of hydrogen-bond donors (Lipinski definition) is 0. The number of amides is 1. The van der Waals surface area contributed by atoms with Gasteiger partial charge in [-0.3, -0.25) is 4.79 Å². The van der Waals surface area contributed by atoms with Crippen molar-refractivity contribution in [2.24, 2.45) is 0 Å². The van der Waals surface area contributed by atoms with E-state index in [-0.39, 0.29) is 17.8 Å². The Morgan fingerprint density at radius 3 is 2.48 bits per heavy atom. The number of nitrogens with zero attached hydrogens (tertiary/aromatic N) is 3. The topological polar surface area (TPSA) is 46.1 Å². The lowest BCUT2D eigenvalue weighted by Gasteiger charge is -2.36.